The summed E-state index contributed by atoms with van der Waals surface area (Å²) >= 11 is 1.64. The number of rotatable bonds is 4. The van der Waals surface area contributed by atoms with E-state index in [4.69, 9.17) is 0 Å². The van der Waals surface area contributed by atoms with E-state index < -0.39 is 0 Å². The van der Waals surface area contributed by atoms with Gasteiger partial charge in [-0.2, -0.15) is 0 Å². The molecule has 0 aliphatic carbocycles. The monoisotopic (exact) mass is 232 g/mol. The third-order valence-electron chi connectivity index (χ3n) is 2.65. The predicted octanol–water partition coefficient (Wildman–Crippen LogP) is 3.30. The van der Waals surface area contributed by atoms with Crippen LogP contribution in [0.1, 0.15) is 29.8 Å². The van der Waals surface area contributed by atoms with Crippen LogP contribution in [-0.4, -0.2) is 4.98 Å². The van der Waals surface area contributed by atoms with Crippen molar-refractivity contribution in [3.8, 4) is 0 Å². The van der Waals surface area contributed by atoms with Crippen molar-refractivity contribution in [2.45, 2.75) is 26.4 Å². The molecule has 3 heteroatoms. The van der Waals surface area contributed by atoms with Crippen LogP contribution >= 0.6 is 11.3 Å². The van der Waals surface area contributed by atoms with Gasteiger partial charge in [-0.15, -0.1) is 11.3 Å². The lowest BCUT2D eigenvalue weighted by molar-refractivity contribution is 0.569. The Morgan fingerprint density at radius 3 is 2.69 bits per heavy atom. The van der Waals surface area contributed by atoms with E-state index >= 15 is 0 Å². The zero-order valence-electron chi connectivity index (χ0n) is 9.60. The molecule has 1 aromatic carbocycles. The summed E-state index contributed by atoms with van der Waals surface area (Å²) in [5.41, 5.74) is 5.60. The molecule has 0 radical (unpaired) electrons. The minimum absolute atomic E-state index is 0.363. The molecular formula is C13H16N2S. The van der Waals surface area contributed by atoms with Crippen LogP contribution in [0.15, 0.2) is 35.2 Å². The fourth-order valence-corrected chi connectivity index (χ4v) is 2.11. The Labute approximate surface area is 100 Å². The van der Waals surface area contributed by atoms with Gasteiger partial charge in [-0.3, -0.25) is 0 Å². The van der Waals surface area contributed by atoms with Gasteiger partial charge < -0.3 is 5.32 Å². The average molecular weight is 232 g/mol. The van der Waals surface area contributed by atoms with E-state index in [2.05, 4.69) is 53.8 Å². The van der Waals surface area contributed by atoms with Crippen molar-refractivity contribution in [3.05, 3.63) is 52.0 Å². The fraction of sp³-hybridized carbons (Fsp3) is 0.308. The molecule has 16 heavy (non-hydrogen) atoms. The third-order valence-corrected chi connectivity index (χ3v) is 3.29. The van der Waals surface area contributed by atoms with Crippen LogP contribution in [0.4, 0.5) is 0 Å². The average Bonchev–Trinajstić information content (AvgIpc) is 2.80. The highest BCUT2D eigenvalue weighted by Gasteiger charge is 2.04. The maximum atomic E-state index is 4.25. The van der Waals surface area contributed by atoms with Crippen LogP contribution in [-0.2, 0) is 6.54 Å². The largest absolute Gasteiger partial charge is 0.305 e. The predicted molar refractivity (Wildman–Crippen MR) is 68.5 cm³/mol. The van der Waals surface area contributed by atoms with Crippen molar-refractivity contribution in [1.82, 2.24) is 10.3 Å². The first-order valence-electron chi connectivity index (χ1n) is 5.43. The van der Waals surface area contributed by atoms with Crippen LogP contribution in [0.25, 0.3) is 0 Å². The summed E-state index contributed by atoms with van der Waals surface area (Å²) in [5, 5.41) is 5.54. The van der Waals surface area contributed by atoms with Gasteiger partial charge >= 0.3 is 0 Å². The van der Waals surface area contributed by atoms with Crippen molar-refractivity contribution in [2.75, 3.05) is 0 Å². The number of aryl methyl sites for hydroxylation is 1. The second-order valence-corrected chi connectivity index (χ2v) is 4.71. The molecule has 1 aromatic heterocycles. The van der Waals surface area contributed by atoms with Crippen molar-refractivity contribution in [1.29, 1.82) is 0 Å². The van der Waals surface area contributed by atoms with Crippen LogP contribution in [0.2, 0.25) is 0 Å². The maximum Gasteiger partial charge on any atom is 0.0795 e. The molecule has 0 bridgehead atoms. The molecule has 0 unspecified atom stereocenters. The molecule has 84 valence electrons. The first-order chi connectivity index (χ1) is 7.75. The molecule has 1 N–H and O–H groups in total. The minimum Gasteiger partial charge on any atom is -0.305 e. The third kappa shape index (κ3) is 2.90. The Morgan fingerprint density at radius 1 is 1.31 bits per heavy atom. The van der Waals surface area contributed by atoms with Gasteiger partial charge in [0.1, 0.15) is 0 Å². The summed E-state index contributed by atoms with van der Waals surface area (Å²) in [6, 6.07) is 9.01. The minimum atomic E-state index is 0.363. The lowest BCUT2D eigenvalue weighted by atomic mass is 10.1. The SMILES string of the molecule is Cc1ccc([C@@H](C)NCc2cscn2)cc1. The van der Waals surface area contributed by atoms with Crippen molar-refractivity contribution in [2.24, 2.45) is 0 Å². The molecule has 0 aliphatic rings. The second kappa shape index (κ2) is 5.23. The van der Waals surface area contributed by atoms with E-state index in [0.29, 0.717) is 6.04 Å². The molecule has 0 saturated heterocycles. The number of hydrogen-bond acceptors (Lipinski definition) is 3. The summed E-state index contributed by atoms with van der Waals surface area (Å²) in [7, 11) is 0. The molecule has 0 saturated carbocycles. The van der Waals surface area contributed by atoms with E-state index in [1.165, 1.54) is 11.1 Å². The van der Waals surface area contributed by atoms with Crippen molar-refractivity contribution >= 4 is 11.3 Å². The summed E-state index contributed by atoms with van der Waals surface area (Å²) < 4.78 is 0. The van der Waals surface area contributed by atoms with Gasteiger partial charge in [-0.25, -0.2) is 4.98 Å². The Morgan fingerprint density at radius 2 is 2.06 bits per heavy atom. The number of thiazole rings is 1. The van der Waals surface area contributed by atoms with Crippen LogP contribution < -0.4 is 5.32 Å². The standard InChI is InChI=1S/C13H16N2S/c1-10-3-5-12(6-4-10)11(2)14-7-13-8-16-9-15-13/h3-6,8-9,11,14H,7H2,1-2H3/t11-/m1/s1. The topological polar surface area (TPSA) is 24.9 Å². The van der Waals surface area contributed by atoms with E-state index in [1.807, 2.05) is 5.51 Å². The molecule has 2 nitrogen and oxygen atoms in total. The highest BCUT2D eigenvalue weighted by Crippen LogP contribution is 2.13. The lowest BCUT2D eigenvalue weighted by Gasteiger charge is -2.13. The molecule has 2 aromatic rings. The number of benzene rings is 1. The smallest absolute Gasteiger partial charge is 0.0795 e. The fourth-order valence-electron chi connectivity index (χ4n) is 1.56. The number of aromatic nitrogens is 1. The van der Waals surface area contributed by atoms with Crippen LogP contribution in [0.5, 0.6) is 0 Å². The maximum absolute atomic E-state index is 4.25. The van der Waals surface area contributed by atoms with Crippen molar-refractivity contribution < 1.29 is 0 Å². The highest BCUT2D eigenvalue weighted by molar-refractivity contribution is 7.07. The van der Waals surface area contributed by atoms with E-state index in [1.54, 1.807) is 11.3 Å². The number of nitrogens with one attached hydrogen (secondary N) is 1. The Bertz CT molecular complexity index is 420. The van der Waals surface area contributed by atoms with E-state index in [-0.39, 0.29) is 0 Å². The molecule has 0 aliphatic heterocycles. The molecule has 0 spiro atoms. The normalized spacial score (nSPS) is 12.6. The first-order valence-corrected chi connectivity index (χ1v) is 6.37. The van der Waals surface area contributed by atoms with Gasteiger partial charge in [-0.1, -0.05) is 29.8 Å². The Kier molecular flexibility index (Phi) is 3.70. The Balaban J connectivity index is 1.93. The molecule has 2 rings (SSSR count). The van der Waals surface area contributed by atoms with Gasteiger partial charge in [-0.05, 0) is 19.4 Å². The second-order valence-electron chi connectivity index (χ2n) is 3.99. The molecule has 0 amide bonds. The van der Waals surface area contributed by atoms with Gasteiger partial charge in [0.25, 0.3) is 0 Å². The summed E-state index contributed by atoms with van der Waals surface area (Å²) in [6.07, 6.45) is 0. The quantitative estimate of drug-likeness (QED) is 0.875. The zero-order chi connectivity index (χ0) is 11.4. The first kappa shape index (κ1) is 11.3. The van der Waals surface area contributed by atoms with Gasteiger partial charge in [0.15, 0.2) is 0 Å². The number of nitrogens with zero attached hydrogens (tertiary/aromatic N) is 1. The van der Waals surface area contributed by atoms with Gasteiger partial charge in [0, 0.05) is 18.0 Å². The number of hydrogen-bond donors (Lipinski definition) is 1. The zero-order valence-corrected chi connectivity index (χ0v) is 10.4. The molecule has 0 fully saturated rings. The summed E-state index contributed by atoms with van der Waals surface area (Å²) in [5.74, 6) is 0. The van der Waals surface area contributed by atoms with Gasteiger partial charge in [0.2, 0.25) is 0 Å². The van der Waals surface area contributed by atoms with E-state index in [0.717, 1.165) is 12.2 Å². The van der Waals surface area contributed by atoms with Crippen LogP contribution in [0.3, 0.4) is 0 Å². The van der Waals surface area contributed by atoms with Crippen molar-refractivity contribution in [3.63, 3.8) is 0 Å². The van der Waals surface area contributed by atoms with Gasteiger partial charge in [0.05, 0.1) is 11.2 Å². The molecule has 1 heterocycles. The summed E-state index contributed by atoms with van der Waals surface area (Å²) in [6.45, 7) is 5.12. The Hall–Kier alpha value is -1.19. The van der Waals surface area contributed by atoms with E-state index in [9.17, 15) is 0 Å². The van der Waals surface area contributed by atoms with Crippen LogP contribution in [0, 0.1) is 6.92 Å². The highest BCUT2D eigenvalue weighted by atomic mass is 32.1. The lowest BCUT2D eigenvalue weighted by Crippen LogP contribution is -2.18. The summed E-state index contributed by atoms with van der Waals surface area (Å²) in [4.78, 5) is 4.25. The molecular weight excluding hydrogens is 216 g/mol. The molecule has 1 atom stereocenters.